The van der Waals surface area contributed by atoms with Gasteiger partial charge in [0.05, 0.1) is 0 Å². The van der Waals surface area contributed by atoms with E-state index < -0.39 is 0 Å². The van der Waals surface area contributed by atoms with Gasteiger partial charge in [0.1, 0.15) is 0 Å². The number of unbranched alkanes of at least 4 members (excludes halogenated alkanes) is 1. The second-order valence-electron chi connectivity index (χ2n) is 4.99. The molecule has 2 aromatic carbocycles. The Bertz CT molecular complexity index is 557. The lowest BCUT2D eigenvalue weighted by Crippen LogP contribution is -2.00. The van der Waals surface area contributed by atoms with E-state index in [1.54, 1.807) is 0 Å². The molecule has 0 radical (unpaired) electrons. The SMILES string of the molecule is CCCCNc1ccc2c(c1)Cc1ccccc1-2. The number of hydrogen-bond donors (Lipinski definition) is 1. The van der Waals surface area contributed by atoms with Gasteiger partial charge in [-0.15, -0.1) is 0 Å². The van der Waals surface area contributed by atoms with E-state index in [-0.39, 0.29) is 0 Å². The zero-order chi connectivity index (χ0) is 12.4. The highest BCUT2D eigenvalue weighted by Crippen LogP contribution is 2.37. The average Bonchev–Trinajstić information content (AvgIpc) is 2.76. The smallest absolute Gasteiger partial charge is 0.0343 e. The summed E-state index contributed by atoms with van der Waals surface area (Å²) in [6, 6.07) is 15.5. The third-order valence-corrected chi connectivity index (χ3v) is 3.65. The van der Waals surface area contributed by atoms with Crippen molar-refractivity contribution in [2.24, 2.45) is 0 Å². The van der Waals surface area contributed by atoms with E-state index in [1.807, 2.05) is 0 Å². The number of nitrogens with one attached hydrogen (secondary N) is 1. The molecule has 0 fully saturated rings. The highest BCUT2D eigenvalue weighted by molar-refractivity contribution is 5.78. The number of benzene rings is 2. The normalized spacial score (nSPS) is 12.1. The first-order valence-corrected chi connectivity index (χ1v) is 6.83. The molecule has 2 aromatic rings. The maximum atomic E-state index is 3.50. The van der Waals surface area contributed by atoms with Gasteiger partial charge in [-0.3, -0.25) is 0 Å². The highest BCUT2D eigenvalue weighted by Gasteiger charge is 2.17. The van der Waals surface area contributed by atoms with Crippen LogP contribution in [0.2, 0.25) is 0 Å². The summed E-state index contributed by atoms with van der Waals surface area (Å²) in [6.07, 6.45) is 3.55. The molecule has 1 aliphatic rings. The largest absolute Gasteiger partial charge is 0.385 e. The summed E-state index contributed by atoms with van der Waals surface area (Å²) in [5, 5.41) is 3.50. The quantitative estimate of drug-likeness (QED) is 0.660. The predicted octanol–water partition coefficient (Wildman–Crippen LogP) is 4.47. The van der Waals surface area contributed by atoms with Gasteiger partial charge < -0.3 is 5.32 Å². The Morgan fingerprint density at radius 1 is 1.00 bits per heavy atom. The Morgan fingerprint density at radius 3 is 2.72 bits per heavy atom. The van der Waals surface area contributed by atoms with Gasteiger partial charge >= 0.3 is 0 Å². The molecule has 0 heterocycles. The second kappa shape index (κ2) is 4.85. The molecule has 0 amide bonds. The van der Waals surface area contributed by atoms with Crippen LogP contribution < -0.4 is 5.32 Å². The fourth-order valence-corrected chi connectivity index (χ4v) is 2.66. The van der Waals surface area contributed by atoms with Crippen LogP contribution in [-0.2, 0) is 6.42 Å². The lowest BCUT2D eigenvalue weighted by atomic mass is 10.1. The van der Waals surface area contributed by atoms with E-state index in [2.05, 4.69) is 54.7 Å². The van der Waals surface area contributed by atoms with Crippen molar-refractivity contribution in [3.8, 4) is 11.1 Å². The third-order valence-electron chi connectivity index (χ3n) is 3.65. The first kappa shape index (κ1) is 11.3. The molecular formula is C17H19N. The molecule has 0 unspecified atom stereocenters. The van der Waals surface area contributed by atoms with Crippen molar-refractivity contribution in [2.45, 2.75) is 26.2 Å². The molecular weight excluding hydrogens is 218 g/mol. The fraction of sp³-hybridized carbons (Fsp3) is 0.294. The zero-order valence-corrected chi connectivity index (χ0v) is 10.9. The van der Waals surface area contributed by atoms with Gasteiger partial charge in [0.15, 0.2) is 0 Å². The van der Waals surface area contributed by atoms with Gasteiger partial charge in [0.2, 0.25) is 0 Å². The van der Waals surface area contributed by atoms with Crippen LogP contribution in [0, 0.1) is 0 Å². The molecule has 0 atom stereocenters. The zero-order valence-electron chi connectivity index (χ0n) is 10.9. The van der Waals surface area contributed by atoms with Crippen molar-refractivity contribution in [3.05, 3.63) is 53.6 Å². The minimum Gasteiger partial charge on any atom is -0.385 e. The van der Waals surface area contributed by atoms with Crippen LogP contribution >= 0.6 is 0 Å². The molecule has 0 aromatic heterocycles. The van der Waals surface area contributed by atoms with Crippen molar-refractivity contribution >= 4 is 5.69 Å². The first-order chi connectivity index (χ1) is 8.88. The van der Waals surface area contributed by atoms with Crippen LogP contribution in [0.1, 0.15) is 30.9 Å². The van der Waals surface area contributed by atoms with E-state index >= 15 is 0 Å². The average molecular weight is 237 g/mol. The molecule has 92 valence electrons. The molecule has 1 aliphatic carbocycles. The number of hydrogen-bond acceptors (Lipinski definition) is 1. The van der Waals surface area contributed by atoms with E-state index in [4.69, 9.17) is 0 Å². The molecule has 1 nitrogen and oxygen atoms in total. The molecule has 0 saturated heterocycles. The first-order valence-electron chi connectivity index (χ1n) is 6.83. The number of fused-ring (bicyclic) bond motifs is 3. The summed E-state index contributed by atoms with van der Waals surface area (Å²) < 4.78 is 0. The fourth-order valence-electron chi connectivity index (χ4n) is 2.66. The molecule has 0 bridgehead atoms. The number of rotatable bonds is 4. The molecule has 18 heavy (non-hydrogen) atoms. The minimum absolute atomic E-state index is 1.07. The Hall–Kier alpha value is -1.76. The maximum absolute atomic E-state index is 3.50. The van der Waals surface area contributed by atoms with Gasteiger partial charge in [-0.2, -0.15) is 0 Å². The van der Waals surface area contributed by atoms with Crippen LogP contribution in [0.15, 0.2) is 42.5 Å². The summed E-state index contributed by atoms with van der Waals surface area (Å²) in [5.41, 5.74) is 6.99. The summed E-state index contributed by atoms with van der Waals surface area (Å²) in [4.78, 5) is 0. The molecule has 0 spiro atoms. The Morgan fingerprint density at radius 2 is 1.83 bits per heavy atom. The maximum Gasteiger partial charge on any atom is 0.0343 e. The summed E-state index contributed by atoms with van der Waals surface area (Å²) in [6.45, 7) is 3.29. The van der Waals surface area contributed by atoms with Crippen LogP contribution in [0.4, 0.5) is 5.69 Å². The summed E-state index contributed by atoms with van der Waals surface area (Å²) in [7, 11) is 0. The number of anilines is 1. The predicted molar refractivity (Wildman–Crippen MR) is 78.1 cm³/mol. The summed E-state index contributed by atoms with van der Waals surface area (Å²) >= 11 is 0. The Labute approximate surface area is 109 Å². The summed E-state index contributed by atoms with van der Waals surface area (Å²) in [5.74, 6) is 0. The van der Waals surface area contributed by atoms with E-state index in [1.165, 1.54) is 40.8 Å². The Kier molecular flexibility index (Phi) is 3.06. The monoisotopic (exact) mass is 237 g/mol. The lowest BCUT2D eigenvalue weighted by Gasteiger charge is -2.08. The topological polar surface area (TPSA) is 12.0 Å². The Balaban J connectivity index is 1.84. The van der Waals surface area contributed by atoms with Crippen LogP contribution in [0.3, 0.4) is 0 Å². The van der Waals surface area contributed by atoms with Gasteiger partial charge in [-0.1, -0.05) is 43.7 Å². The van der Waals surface area contributed by atoms with Crippen LogP contribution in [-0.4, -0.2) is 6.54 Å². The lowest BCUT2D eigenvalue weighted by molar-refractivity contribution is 0.834. The van der Waals surface area contributed by atoms with Crippen molar-refractivity contribution in [2.75, 3.05) is 11.9 Å². The molecule has 0 aliphatic heterocycles. The van der Waals surface area contributed by atoms with Gasteiger partial charge in [0.25, 0.3) is 0 Å². The van der Waals surface area contributed by atoms with Crippen molar-refractivity contribution in [3.63, 3.8) is 0 Å². The standard InChI is InChI=1S/C17H19N/c1-2-3-10-18-15-8-9-17-14(12-15)11-13-6-4-5-7-16(13)17/h4-9,12,18H,2-3,10-11H2,1H3. The van der Waals surface area contributed by atoms with Gasteiger partial charge in [-0.05, 0) is 47.2 Å². The van der Waals surface area contributed by atoms with Gasteiger partial charge in [-0.25, -0.2) is 0 Å². The van der Waals surface area contributed by atoms with E-state index in [0.717, 1.165) is 13.0 Å². The van der Waals surface area contributed by atoms with Crippen LogP contribution in [0.25, 0.3) is 11.1 Å². The molecule has 3 rings (SSSR count). The van der Waals surface area contributed by atoms with Gasteiger partial charge in [0, 0.05) is 12.2 Å². The molecule has 1 N–H and O–H groups in total. The van der Waals surface area contributed by atoms with Crippen molar-refractivity contribution < 1.29 is 0 Å². The van der Waals surface area contributed by atoms with E-state index in [0.29, 0.717) is 0 Å². The van der Waals surface area contributed by atoms with E-state index in [9.17, 15) is 0 Å². The molecule has 0 saturated carbocycles. The van der Waals surface area contributed by atoms with Crippen molar-refractivity contribution in [1.29, 1.82) is 0 Å². The highest BCUT2D eigenvalue weighted by atomic mass is 14.9. The third kappa shape index (κ3) is 2.01. The second-order valence-corrected chi connectivity index (χ2v) is 4.99. The molecule has 1 heteroatoms. The minimum atomic E-state index is 1.07. The van der Waals surface area contributed by atoms with Crippen molar-refractivity contribution in [1.82, 2.24) is 0 Å². The van der Waals surface area contributed by atoms with Crippen LogP contribution in [0.5, 0.6) is 0 Å².